The highest BCUT2D eigenvalue weighted by Gasteiger charge is 2.15. The average molecular weight is 404 g/mol. The van der Waals surface area contributed by atoms with Gasteiger partial charge in [0.15, 0.2) is 6.61 Å². The van der Waals surface area contributed by atoms with Crippen LogP contribution in [0.1, 0.15) is 24.2 Å². The molecule has 2 N–H and O–H groups in total. The maximum absolute atomic E-state index is 13.2. The van der Waals surface area contributed by atoms with E-state index in [2.05, 4.69) is 15.3 Å². The highest BCUT2D eigenvalue weighted by atomic mass is 16.5. The maximum atomic E-state index is 13.2. The van der Waals surface area contributed by atoms with Gasteiger partial charge in [0.2, 0.25) is 0 Å². The minimum atomic E-state index is -1.05. The lowest BCUT2D eigenvalue weighted by Gasteiger charge is -2.16. The molecule has 4 aromatic rings. The molecule has 2 aromatic heterocycles. The second-order valence-corrected chi connectivity index (χ2v) is 7.04. The number of ether oxygens (including phenoxy) is 1. The van der Waals surface area contributed by atoms with Crippen molar-refractivity contribution in [2.24, 2.45) is 0 Å². The zero-order valence-electron chi connectivity index (χ0n) is 16.5. The number of benzene rings is 2. The number of aliphatic carboxylic acids is 1. The van der Waals surface area contributed by atoms with Gasteiger partial charge in [0.25, 0.3) is 5.56 Å². The summed E-state index contributed by atoms with van der Waals surface area (Å²) in [6, 6.07) is 12.3. The molecule has 8 heteroatoms. The van der Waals surface area contributed by atoms with Crippen molar-refractivity contribution < 1.29 is 14.6 Å². The first-order valence-electron chi connectivity index (χ1n) is 9.40. The Morgan fingerprint density at radius 3 is 2.80 bits per heavy atom. The topological polar surface area (TPSA) is 110 Å². The fourth-order valence-corrected chi connectivity index (χ4v) is 3.39. The SMILES string of the molecule is Cc1[nH]ncc1-c1ccc2cnn([C@H](C)c3cccc(OCC(=O)O)c3)c(=O)c2c1. The van der Waals surface area contributed by atoms with E-state index in [-0.39, 0.29) is 11.6 Å². The molecule has 0 spiro atoms. The van der Waals surface area contributed by atoms with Crippen LogP contribution in [0.2, 0.25) is 0 Å². The zero-order valence-corrected chi connectivity index (χ0v) is 16.5. The third-order valence-corrected chi connectivity index (χ3v) is 5.02. The summed E-state index contributed by atoms with van der Waals surface area (Å²) in [7, 11) is 0. The molecule has 0 aliphatic carbocycles. The number of aromatic nitrogens is 4. The lowest BCUT2D eigenvalue weighted by molar-refractivity contribution is -0.139. The molecule has 0 aliphatic heterocycles. The van der Waals surface area contributed by atoms with Crippen LogP contribution >= 0.6 is 0 Å². The summed E-state index contributed by atoms with van der Waals surface area (Å²) in [5.41, 5.74) is 3.35. The predicted molar refractivity (Wildman–Crippen MR) is 112 cm³/mol. The number of H-pyrrole nitrogens is 1. The Morgan fingerprint density at radius 1 is 1.23 bits per heavy atom. The number of carboxylic acid groups (broad SMARTS) is 1. The van der Waals surface area contributed by atoms with E-state index in [0.29, 0.717) is 11.1 Å². The first-order chi connectivity index (χ1) is 14.4. The van der Waals surface area contributed by atoms with Crippen LogP contribution < -0.4 is 10.3 Å². The number of fused-ring (bicyclic) bond motifs is 1. The lowest BCUT2D eigenvalue weighted by atomic mass is 10.0. The summed E-state index contributed by atoms with van der Waals surface area (Å²) in [5.74, 6) is -0.627. The van der Waals surface area contributed by atoms with Crippen LogP contribution in [0, 0.1) is 6.92 Å². The predicted octanol–water partition coefficient (Wildman–Crippen LogP) is 3.17. The van der Waals surface area contributed by atoms with Crippen molar-refractivity contribution in [3.05, 3.63) is 76.5 Å². The van der Waals surface area contributed by atoms with Gasteiger partial charge in [0.05, 0.1) is 23.8 Å². The minimum Gasteiger partial charge on any atom is -0.482 e. The highest BCUT2D eigenvalue weighted by Crippen LogP contribution is 2.25. The Labute approximate surface area is 171 Å². The number of carbonyl (C=O) groups is 1. The number of nitrogens with one attached hydrogen (secondary N) is 1. The summed E-state index contributed by atoms with van der Waals surface area (Å²) < 4.78 is 6.67. The molecule has 4 rings (SSSR count). The van der Waals surface area contributed by atoms with Crippen molar-refractivity contribution in [3.63, 3.8) is 0 Å². The summed E-state index contributed by atoms with van der Waals surface area (Å²) >= 11 is 0. The fraction of sp³-hybridized carbons (Fsp3) is 0.182. The number of rotatable bonds is 6. The van der Waals surface area contributed by atoms with Gasteiger partial charge in [-0.05, 0) is 43.2 Å². The molecule has 2 heterocycles. The van der Waals surface area contributed by atoms with Crippen LogP contribution in [0.15, 0.2) is 59.7 Å². The third kappa shape index (κ3) is 3.67. The van der Waals surface area contributed by atoms with Gasteiger partial charge in [-0.2, -0.15) is 10.2 Å². The molecule has 0 radical (unpaired) electrons. The van der Waals surface area contributed by atoms with Crippen LogP contribution in [0.5, 0.6) is 5.75 Å². The highest BCUT2D eigenvalue weighted by molar-refractivity contribution is 5.86. The zero-order chi connectivity index (χ0) is 21.3. The van der Waals surface area contributed by atoms with Crippen LogP contribution in [0.4, 0.5) is 0 Å². The van der Waals surface area contributed by atoms with Gasteiger partial charge < -0.3 is 9.84 Å². The van der Waals surface area contributed by atoms with E-state index >= 15 is 0 Å². The van der Waals surface area contributed by atoms with Gasteiger partial charge in [-0.3, -0.25) is 9.89 Å². The molecule has 0 amide bonds. The number of nitrogens with zero attached hydrogens (tertiary/aromatic N) is 3. The van der Waals surface area contributed by atoms with Crippen LogP contribution in [-0.4, -0.2) is 37.7 Å². The quantitative estimate of drug-likeness (QED) is 0.511. The molecule has 8 nitrogen and oxygen atoms in total. The number of hydrogen-bond donors (Lipinski definition) is 2. The van der Waals surface area contributed by atoms with Gasteiger partial charge in [-0.25, -0.2) is 9.48 Å². The number of aromatic amines is 1. The Balaban J connectivity index is 1.73. The molecule has 1 atom stereocenters. The Bertz CT molecular complexity index is 1290. The van der Waals surface area contributed by atoms with E-state index in [4.69, 9.17) is 9.84 Å². The van der Waals surface area contributed by atoms with E-state index in [0.717, 1.165) is 27.8 Å². The minimum absolute atomic E-state index is 0.208. The molecular formula is C22H20N4O4. The van der Waals surface area contributed by atoms with Crippen molar-refractivity contribution in [2.45, 2.75) is 19.9 Å². The standard InChI is InChI=1S/C22H20N4O4/c1-13-20(11-23-25-13)16-6-7-17-10-24-26(22(29)19(17)9-16)14(2)15-4-3-5-18(8-15)30-12-21(27)28/h3-11,14H,12H2,1-2H3,(H,23,25)(H,27,28)/t14-/m1/s1. The van der Waals surface area contributed by atoms with Crippen molar-refractivity contribution in [1.29, 1.82) is 0 Å². The molecule has 0 saturated carbocycles. The molecular weight excluding hydrogens is 384 g/mol. The van der Waals surface area contributed by atoms with Crippen molar-refractivity contribution in [1.82, 2.24) is 20.0 Å². The van der Waals surface area contributed by atoms with E-state index in [9.17, 15) is 9.59 Å². The first kappa shape index (κ1) is 19.4. The van der Waals surface area contributed by atoms with Crippen LogP contribution in [-0.2, 0) is 4.79 Å². The smallest absolute Gasteiger partial charge is 0.341 e. The van der Waals surface area contributed by atoms with Gasteiger partial charge in [0.1, 0.15) is 5.75 Å². The second-order valence-electron chi connectivity index (χ2n) is 7.04. The van der Waals surface area contributed by atoms with Crippen molar-refractivity contribution >= 4 is 16.7 Å². The second kappa shape index (κ2) is 7.82. The van der Waals surface area contributed by atoms with Crippen molar-refractivity contribution in [2.75, 3.05) is 6.61 Å². The summed E-state index contributed by atoms with van der Waals surface area (Å²) in [5, 5.41) is 21.4. The van der Waals surface area contributed by atoms with E-state index in [1.807, 2.05) is 38.1 Å². The average Bonchev–Trinajstić information content (AvgIpc) is 3.18. The van der Waals surface area contributed by atoms with Gasteiger partial charge in [-0.1, -0.05) is 24.3 Å². The number of hydrogen-bond acceptors (Lipinski definition) is 5. The normalized spacial score (nSPS) is 12.1. The molecule has 0 fully saturated rings. The molecule has 2 aromatic carbocycles. The number of aryl methyl sites for hydroxylation is 1. The monoisotopic (exact) mass is 404 g/mol. The van der Waals surface area contributed by atoms with Crippen molar-refractivity contribution in [3.8, 4) is 16.9 Å². The molecule has 0 aliphatic rings. The first-order valence-corrected chi connectivity index (χ1v) is 9.40. The van der Waals surface area contributed by atoms with E-state index in [1.165, 1.54) is 4.68 Å². The van der Waals surface area contributed by atoms with Gasteiger partial charge in [-0.15, -0.1) is 0 Å². The third-order valence-electron chi connectivity index (χ3n) is 5.02. The molecule has 152 valence electrons. The Hall–Kier alpha value is -3.94. The van der Waals surface area contributed by atoms with E-state index < -0.39 is 12.6 Å². The molecule has 30 heavy (non-hydrogen) atoms. The molecule has 0 bridgehead atoms. The van der Waals surface area contributed by atoms with Crippen LogP contribution in [0.25, 0.3) is 21.9 Å². The van der Waals surface area contributed by atoms with E-state index in [1.54, 1.807) is 30.6 Å². The van der Waals surface area contributed by atoms with Crippen LogP contribution in [0.3, 0.4) is 0 Å². The Kier molecular flexibility index (Phi) is 5.05. The fourth-order valence-electron chi connectivity index (χ4n) is 3.39. The summed E-state index contributed by atoms with van der Waals surface area (Å²) in [4.78, 5) is 23.9. The van der Waals surface area contributed by atoms with Gasteiger partial charge >= 0.3 is 5.97 Å². The lowest BCUT2D eigenvalue weighted by Crippen LogP contribution is -2.26. The van der Waals surface area contributed by atoms with Gasteiger partial charge in [0, 0.05) is 16.6 Å². The Morgan fingerprint density at radius 2 is 2.07 bits per heavy atom. The summed E-state index contributed by atoms with van der Waals surface area (Å²) in [6.45, 7) is 3.36. The largest absolute Gasteiger partial charge is 0.482 e. The molecule has 0 unspecified atom stereocenters. The maximum Gasteiger partial charge on any atom is 0.341 e. The number of carboxylic acids is 1. The molecule has 0 saturated heterocycles. The summed E-state index contributed by atoms with van der Waals surface area (Å²) in [6.07, 6.45) is 3.41.